The average molecular weight is 285 g/mol. The maximum absolute atomic E-state index is 13.5. The molecule has 0 unspecified atom stereocenters. The number of nitrogens with zero attached hydrogens (tertiary/aromatic N) is 2. The molecular formula is C17H20FN3. The topological polar surface area (TPSA) is 28.2 Å². The van der Waals surface area contributed by atoms with Crippen LogP contribution >= 0.6 is 0 Å². The number of hydrogen-bond acceptors (Lipinski definition) is 3. The summed E-state index contributed by atoms with van der Waals surface area (Å²) in [6, 6.07) is 11.0. The first-order chi connectivity index (χ1) is 10.3. The van der Waals surface area contributed by atoms with Gasteiger partial charge in [-0.15, -0.1) is 0 Å². The van der Waals surface area contributed by atoms with E-state index in [1.54, 1.807) is 6.07 Å². The molecule has 1 aliphatic heterocycles. The quantitative estimate of drug-likeness (QED) is 0.853. The van der Waals surface area contributed by atoms with Gasteiger partial charge in [0.05, 0.1) is 5.69 Å². The van der Waals surface area contributed by atoms with Crippen molar-refractivity contribution >= 4 is 11.5 Å². The number of rotatable bonds is 5. The Labute approximate surface area is 124 Å². The summed E-state index contributed by atoms with van der Waals surface area (Å²) in [7, 11) is 0. The van der Waals surface area contributed by atoms with Crippen molar-refractivity contribution in [2.24, 2.45) is 0 Å². The third-order valence-electron chi connectivity index (χ3n) is 3.74. The summed E-state index contributed by atoms with van der Waals surface area (Å²) < 4.78 is 13.5. The van der Waals surface area contributed by atoms with Gasteiger partial charge >= 0.3 is 0 Å². The van der Waals surface area contributed by atoms with Gasteiger partial charge in [-0.2, -0.15) is 0 Å². The monoisotopic (exact) mass is 285 g/mol. The van der Waals surface area contributed by atoms with Crippen LogP contribution in [0.5, 0.6) is 0 Å². The standard InChI is InChI=1S/C17H20FN3/c1-2-9-19-12-15-4-3-5-17(20-15)21-10-8-13-6-7-14(18)11-16(13)21/h3-7,11,19H,2,8-10,12H2,1H3. The molecule has 0 aliphatic carbocycles. The van der Waals surface area contributed by atoms with Crippen LogP contribution in [0, 0.1) is 5.82 Å². The molecule has 1 aromatic carbocycles. The summed E-state index contributed by atoms with van der Waals surface area (Å²) in [5.41, 5.74) is 3.15. The molecule has 0 saturated heterocycles. The molecule has 0 saturated carbocycles. The number of aromatic nitrogens is 1. The van der Waals surface area contributed by atoms with Crippen LogP contribution in [0.2, 0.25) is 0 Å². The zero-order valence-electron chi connectivity index (χ0n) is 12.3. The molecule has 0 radical (unpaired) electrons. The Morgan fingerprint density at radius 1 is 1.29 bits per heavy atom. The lowest BCUT2D eigenvalue weighted by molar-refractivity contribution is 0.628. The number of halogens is 1. The van der Waals surface area contributed by atoms with Crippen LogP contribution in [0.15, 0.2) is 36.4 Å². The van der Waals surface area contributed by atoms with Gasteiger partial charge in [0.1, 0.15) is 11.6 Å². The molecule has 4 heteroatoms. The molecule has 1 aliphatic rings. The van der Waals surface area contributed by atoms with E-state index in [1.165, 1.54) is 11.6 Å². The number of anilines is 2. The molecule has 0 amide bonds. The third-order valence-corrected chi connectivity index (χ3v) is 3.74. The molecule has 2 aromatic rings. The summed E-state index contributed by atoms with van der Waals surface area (Å²) >= 11 is 0. The maximum atomic E-state index is 13.5. The van der Waals surface area contributed by atoms with E-state index in [2.05, 4.69) is 17.1 Å². The summed E-state index contributed by atoms with van der Waals surface area (Å²) in [6.07, 6.45) is 2.05. The average Bonchev–Trinajstić information content (AvgIpc) is 2.91. The van der Waals surface area contributed by atoms with Crippen LogP contribution in [0.3, 0.4) is 0 Å². The normalized spacial score (nSPS) is 13.5. The lowest BCUT2D eigenvalue weighted by atomic mass is 10.2. The first-order valence-corrected chi connectivity index (χ1v) is 7.50. The van der Waals surface area contributed by atoms with Crippen molar-refractivity contribution in [3.63, 3.8) is 0 Å². The fourth-order valence-electron chi connectivity index (χ4n) is 2.70. The molecule has 3 rings (SSSR count). The third kappa shape index (κ3) is 3.05. The molecule has 1 aromatic heterocycles. The van der Waals surface area contributed by atoms with Gasteiger partial charge in [0, 0.05) is 18.8 Å². The van der Waals surface area contributed by atoms with Crippen molar-refractivity contribution in [2.45, 2.75) is 26.3 Å². The molecule has 21 heavy (non-hydrogen) atoms. The highest BCUT2D eigenvalue weighted by molar-refractivity contribution is 5.67. The Morgan fingerprint density at radius 3 is 3.05 bits per heavy atom. The molecule has 0 atom stereocenters. The van der Waals surface area contributed by atoms with Gasteiger partial charge in [-0.05, 0) is 49.2 Å². The van der Waals surface area contributed by atoms with Crippen LogP contribution < -0.4 is 10.2 Å². The Bertz CT molecular complexity index is 627. The van der Waals surface area contributed by atoms with E-state index in [0.717, 1.165) is 49.7 Å². The highest BCUT2D eigenvalue weighted by Crippen LogP contribution is 2.33. The summed E-state index contributed by atoms with van der Waals surface area (Å²) in [5.74, 6) is 0.705. The second-order valence-corrected chi connectivity index (χ2v) is 5.34. The van der Waals surface area contributed by atoms with E-state index < -0.39 is 0 Å². The van der Waals surface area contributed by atoms with Crippen molar-refractivity contribution in [1.29, 1.82) is 0 Å². The Balaban J connectivity index is 1.82. The van der Waals surface area contributed by atoms with Crippen molar-refractivity contribution in [3.05, 3.63) is 53.5 Å². The van der Waals surface area contributed by atoms with Crippen LogP contribution in [0.25, 0.3) is 0 Å². The number of benzene rings is 1. The van der Waals surface area contributed by atoms with Crippen molar-refractivity contribution < 1.29 is 4.39 Å². The second-order valence-electron chi connectivity index (χ2n) is 5.34. The lowest BCUT2D eigenvalue weighted by Gasteiger charge is -2.19. The van der Waals surface area contributed by atoms with Gasteiger partial charge in [0.2, 0.25) is 0 Å². The molecule has 0 bridgehead atoms. The smallest absolute Gasteiger partial charge is 0.133 e. The molecule has 0 spiro atoms. The van der Waals surface area contributed by atoms with Gasteiger partial charge in [-0.1, -0.05) is 19.1 Å². The largest absolute Gasteiger partial charge is 0.326 e. The first kappa shape index (κ1) is 14.0. The zero-order valence-corrected chi connectivity index (χ0v) is 12.3. The van der Waals surface area contributed by atoms with Crippen LogP contribution in [-0.4, -0.2) is 18.1 Å². The number of nitrogens with one attached hydrogen (secondary N) is 1. The number of hydrogen-bond donors (Lipinski definition) is 1. The van der Waals surface area contributed by atoms with Gasteiger partial charge in [0.15, 0.2) is 0 Å². The van der Waals surface area contributed by atoms with Crippen LogP contribution in [-0.2, 0) is 13.0 Å². The van der Waals surface area contributed by atoms with E-state index in [1.807, 2.05) is 24.3 Å². The van der Waals surface area contributed by atoms with E-state index in [-0.39, 0.29) is 5.82 Å². The molecule has 110 valence electrons. The van der Waals surface area contributed by atoms with E-state index in [9.17, 15) is 4.39 Å². The van der Waals surface area contributed by atoms with E-state index in [4.69, 9.17) is 4.98 Å². The molecule has 1 N–H and O–H groups in total. The first-order valence-electron chi connectivity index (χ1n) is 7.50. The van der Waals surface area contributed by atoms with Crippen molar-refractivity contribution in [1.82, 2.24) is 10.3 Å². The maximum Gasteiger partial charge on any atom is 0.133 e. The fraction of sp³-hybridized carbons (Fsp3) is 0.353. The molecule has 0 fully saturated rings. The zero-order chi connectivity index (χ0) is 14.7. The van der Waals surface area contributed by atoms with Crippen LogP contribution in [0.4, 0.5) is 15.9 Å². The summed E-state index contributed by atoms with van der Waals surface area (Å²) in [6.45, 7) is 4.76. The predicted octanol–water partition coefficient (Wildman–Crippen LogP) is 3.41. The molecular weight excluding hydrogens is 265 g/mol. The minimum atomic E-state index is -0.193. The lowest BCUT2D eigenvalue weighted by Crippen LogP contribution is -2.18. The second kappa shape index (κ2) is 6.22. The van der Waals surface area contributed by atoms with Crippen LogP contribution in [0.1, 0.15) is 24.6 Å². The fourth-order valence-corrected chi connectivity index (χ4v) is 2.70. The Hall–Kier alpha value is -1.94. The SMILES string of the molecule is CCCNCc1cccc(N2CCc3ccc(F)cc32)n1. The van der Waals surface area contributed by atoms with E-state index >= 15 is 0 Å². The molecule has 2 heterocycles. The van der Waals surface area contributed by atoms with E-state index in [0.29, 0.717) is 0 Å². The predicted molar refractivity (Wildman–Crippen MR) is 83.3 cm³/mol. The highest BCUT2D eigenvalue weighted by atomic mass is 19.1. The minimum absolute atomic E-state index is 0.193. The van der Waals surface area contributed by atoms with Gasteiger partial charge in [-0.3, -0.25) is 0 Å². The van der Waals surface area contributed by atoms with Gasteiger partial charge < -0.3 is 10.2 Å². The van der Waals surface area contributed by atoms with Gasteiger partial charge in [0.25, 0.3) is 0 Å². The number of fused-ring (bicyclic) bond motifs is 1. The summed E-state index contributed by atoms with van der Waals surface area (Å²) in [5, 5.41) is 3.36. The summed E-state index contributed by atoms with van der Waals surface area (Å²) in [4.78, 5) is 6.80. The Kier molecular flexibility index (Phi) is 4.15. The Morgan fingerprint density at radius 2 is 2.19 bits per heavy atom. The number of pyridine rings is 1. The molecule has 3 nitrogen and oxygen atoms in total. The van der Waals surface area contributed by atoms with Crippen molar-refractivity contribution in [3.8, 4) is 0 Å². The highest BCUT2D eigenvalue weighted by Gasteiger charge is 2.21. The minimum Gasteiger partial charge on any atom is -0.326 e. The van der Waals surface area contributed by atoms with Crippen molar-refractivity contribution in [2.75, 3.05) is 18.0 Å². The van der Waals surface area contributed by atoms with Gasteiger partial charge in [-0.25, -0.2) is 9.37 Å².